The number of carbonyl (C=O) groups excluding carboxylic acids is 1. The summed E-state index contributed by atoms with van der Waals surface area (Å²) in [4.78, 5) is 12.0. The number of carbonyl (C=O) groups is 1. The zero-order chi connectivity index (χ0) is 19.3. The Labute approximate surface area is 161 Å². The van der Waals surface area contributed by atoms with Crippen LogP contribution in [0.4, 0.5) is 16.2 Å². The van der Waals surface area contributed by atoms with Crippen LogP contribution in [0.15, 0.2) is 83.8 Å². The molecule has 2 N–H and O–H groups in total. The van der Waals surface area contributed by atoms with Crippen LogP contribution in [-0.2, 0) is 10.1 Å². The predicted molar refractivity (Wildman–Crippen MR) is 105 cm³/mol. The first-order valence-electron chi connectivity index (χ1n) is 7.85. The molecule has 0 aliphatic rings. The van der Waals surface area contributed by atoms with E-state index in [1.165, 1.54) is 42.5 Å². The minimum atomic E-state index is -4.06. The Morgan fingerprint density at radius 2 is 1.44 bits per heavy atom. The van der Waals surface area contributed by atoms with Crippen molar-refractivity contribution in [2.45, 2.75) is 4.90 Å². The largest absolute Gasteiger partial charge is 0.379 e. The van der Waals surface area contributed by atoms with Crippen LogP contribution in [0.3, 0.4) is 0 Å². The summed E-state index contributed by atoms with van der Waals surface area (Å²) in [5, 5.41) is 5.71. The number of hydrogen-bond donors (Lipinski definition) is 2. The summed E-state index contributed by atoms with van der Waals surface area (Å²) in [6.07, 6.45) is 0. The Balaban J connectivity index is 1.72. The van der Waals surface area contributed by atoms with Gasteiger partial charge in [0.1, 0.15) is 10.6 Å². The Morgan fingerprint density at radius 3 is 2.15 bits per heavy atom. The molecular formula is C19H15ClN2O4S. The summed E-state index contributed by atoms with van der Waals surface area (Å²) in [5.41, 5.74) is 0.925. The third-order valence-corrected chi connectivity index (χ3v) is 4.93. The Hall–Kier alpha value is -3.03. The second-order valence-corrected chi connectivity index (χ2v) is 7.45. The van der Waals surface area contributed by atoms with Gasteiger partial charge in [-0.25, -0.2) is 4.79 Å². The summed E-state index contributed by atoms with van der Waals surface area (Å²) in [6, 6.07) is 20.1. The highest BCUT2D eigenvalue weighted by Gasteiger charge is 2.17. The lowest BCUT2D eigenvalue weighted by atomic mass is 10.3. The standard InChI is InChI=1S/C19H15ClN2O4S/c20-14-9-11-17(12-10-14)26-27(24,25)18-8-4-7-16(13-18)22-19(23)21-15-5-2-1-3-6-15/h1-13H,(H2,21,22,23). The van der Waals surface area contributed by atoms with Crippen molar-refractivity contribution in [3.63, 3.8) is 0 Å². The predicted octanol–water partition coefficient (Wildman–Crippen LogP) is 4.75. The number of urea groups is 1. The molecular weight excluding hydrogens is 388 g/mol. The van der Waals surface area contributed by atoms with Crippen molar-refractivity contribution in [1.82, 2.24) is 0 Å². The maximum atomic E-state index is 12.4. The Morgan fingerprint density at radius 1 is 0.815 bits per heavy atom. The highest BCUT2D eigenvalue weighted by atomic mass is 35.5. The average Bonchev–Trinajstić information content (AvgIpc) is 2.64. The number of benzene rings is 3. The first kappa shape index (κ1) is 18.8. The first-order valence-corrected chi connectivity index (χ1v) is 9.64. The molecule has 0 atom stereocenters. The van der Waals surface area contributed by atoms with Gasteiger partial charge in [-0.15, -0.1) is 0 Å². The molecule has 0 aliphatic carbocycles. The summed E-state index contributed by atoms with van der Waals surface area (Å²) in [5.74, 6) is 0.139. The normalized spacial score (nSPS) is 10.9. The lowest BCUT2D eigenvalue weighted by Gasteiger charge is -2.10. The third-order valence-electron chi connectivity index (χ3n) is 3.43. The number of halogens is 1. The average molecular weight is 403 g/mol. The maximum Gasteiger partial charge on any atom is 0.339 e. The molecule has 6 nitrogen and oxygen atoms in total. The van der Waals surface area contributed by atoms with Crippen molar-refractivity contribution >= 4 is 39.1 Å². The lowest BCUT2D eigenvalue weighted by Crippen LogP contribution is -2.19. The molecule has 0 aliphatic heterocycles. The molecule has 0 aromatic heterocycles. The van der Waals surface area contributed by atoms with Crippen molar-refractivity contribution in [3.8, 4) is 5.75 Å². The smallest absolute Gasteiger partial charge is 0.339 e. The second-order valence-electron chi connectivity index (χ2n) is 5.46. The Bertz CT molecular complexity index is 1040. The van der Waals surface area contributed by atoms with Crippen molar-refractivity contribution in [2.24, 2.45) is 0 Å². The van der Waals surface area contributed by atoms with E-state index < -0.39 is 16.1 Å². The molecule has 3 aromatic carbocycles. The molecule has 0 spiro atoms. The zero-order valence-corrected chi connectivity index (χ0v) is 15.5. The van der Waals surface area contributed by atoms with Crippen LogP contribution in [-0.4, -0.2) is 14.4 Å². The van der Waals surface area contributed by atoms with E-state index >= 15 is 0 Å². The van der Waals surface area contributed by atoms with Gasteiger partial charge in [0.25, 0.3) is 0 Å². The maximum absolute atomic E-state index is 12.4. The third kappa shape index (κ3) is 5.22. The molecule has 138 valence electrons. The van der Waals surface area contributed by atoms with Crippen molar-refractivity contribution in [2.75, 3.05) is 10.6 Å². The molecule has 0 unspecified atom stereocenters. The van der Waals surface area contributed by atoms with Crippen LogP contribution in [0.25, 0.3) is 0 Å². The molecule has 2 amide bonds. The van der Waals surface area contributed by atoms with Gasteiger partial charge in [0, 0.05) is 16.4 Å². The van der Waals surface area contributed by atoms with Crippen molar-refractivity contribution in [3.05, 3.63) is 83.9 Å². The fraction of sp³-hybridized carbons (Fsp3) is 0. The van der Waals surface area contributed by atoms with Gasteiger partial charge in [-0.3, -0.25) is 0 Å². The van der Waals surface area contributed by atoms with Crippen molar-refractivity contribution in [1.29, 1.82) is 0 Å². The van der Waals surface area contributed by atoms with Crippen LogP contribution in [0.2, 0.25) is 5.02 Å². The van der Waals surface area contributed by atoms with Gasteiger partial charge in [0.15, 0.2) is 0 Å². The molecule has 0 bridgehead atoms. The van der Waals surface area contributed by atoms with E-state index in [0.29, 0.717) is 16.4 Å². The number of rotatable bonds is 5. The van der Waals surface area contributed by atoms with E-state index in [4.69, 9.17) is 15.8 Å². The van der Waals surface area contributed by atoms with Crippen molar-refractivity contribution < 1.29 is 17.4 Å². The van der Waals surface area contributed by atoms with E-state index in [1.54, 1.807) is 30.3 Å². The van der Waals surface area contributed by atoms with E-state index in [-0.39, 0.29) is 10.6 Å². The number of anilines is 2. The Kier molecular flexibility index (Phi) is 5.63. The van der Waals surface area contributed by atoms with Gasteiger partial charge in [-0.05, 0) is 54.6 Å². The van der Waals surface area contributed by atoms with Gasteiger partial charge in [0.05, 0.1) is 0 Å². The van der Waals surface area contributed by atoms with E-state index in [1.807, 2.05) is 6.07 Å². The molecule has 0 saturated carbocycles. The molecule has 0 heterocycles. The summed E-state index contributed by atoms with van der Waals surface area (Å²) >= 11 is 5.78. The van der Waals surface area contributed by atoms with Crippen LogP contribution in [0.1, 0.15) is 0 Å². The molecule has 3 rings (SSSR count). The highest BCUT2D eigenvalue weighted by Crippen LogP contribution is 2.22. The molecule has 0 fully saturated rings. The summed E-state index contributed by atoms with van der Waals surface area (Å²) < 4.78 is 29.9. The minimum Gasteiger partial charge on any atom is -0.379 e. The quantitative estimate of drug-likeness (QED) is 0.603. The lowest BCUT2D eigenvalue weighted by molar-refractivity contribution is 0.262. The van der Waals surface area contributed by atoms with Gasteiger partial charge >= 0.3 is 16.1 Å². The second kappa shape index (κ2) is 8.11. The van der Waals surface area contributed by atoms with Crippen LogP contribution in [0.5, 0.6) is 5.75 Å². The summed E-state index contributed by atoms with van der Waals surface area (Å²) in [6.45, 7) is 0. The topological polar surface area (TPSA) is 84.5 Å². The van der Waals surface area contributed by atoms with Crippen LogP contribution < -0.4 is 14.8 Å². The number of nitrogens with one attached hydrogen (secondary N) is 2. The minimum absolute atomic E-state index is 0.0880. The van der Waals surface area contributed by atoms with Gasteiger partial charge in [-0.2, -0.15) is 8.42 Å². The zero-order valence-electron chi connectivity index (χ0n) is 13.9. The van der Waals surface area contributed by atoms with Crippen LogP contribution >= 0.6 is 11.6 Å². The fourth-order valence-electron chi connectivity index (χ4n) is 2.21. The summed E-state index contributed by atoms with van der Waals surface area (Å²) in [7, 11) is -4.06. The van der Waals surface area contributed by atoms with Gasteiger partial charge < -0.3 is 14.8 Å². The highest BCUT2D eigenvalue weighted by molar-refractivity contribution is 7.87. The molecule has 0 saturated heterocycles. The van der Waals surface area contributed by atoms with E-state index in [9.17, 15) is 13.2 Å². The molecule has 8 heteroatoms. The van der Waals surface area contributed by atoms with E-state index in [2.05, 4.69) is 10.6 Å². The fourth-order valence-corrected chi connectivity index (χ4v) is 3.31. The monoisotopic (exact) mass is 402 g/mol. The van der Waals surface area contributed by atoms with Gasteiger partial charge in [0.2, 0.25) is 0 Å². The first-order chi connectivity index (χ1) is 12.9. The van der Waals surface area contributed by atoms with Crippen LogP contribution in [0, 0.1) is 0 Å². The molecule has 0 radical (unpaired) electrons. The number of amides is 2. The molecule has 3 aromatic rings. The van der Waals surface area contributed by atoms with E-state index in [0.717, 1.165) is 0 Å². The van der Waals surface area contributed by atoms with Gasteiger partial charge in [-0.1, -0.05) is 35.9 Å². The molecule has 27 heavy (non-hydrogen) atoms. The number of para-hydroxylation sites is 1. The number of hydrogen-bond acceptors (Lipinski definition) is 4. The SMILES string of the molecule is O=C(Nc1ccccc1)Nc1cccc(S(=O)(=O)Oc2ccc(Cl)cc2)c1.